The Hall–Kier alpha value is -2.71. The Morgan fingerprint density at radius 1 is 1.26 bits per heavy atom. The van der Waals surface area contributed by atoms with Crippen molar-refractivity contribution in [2.75, 3.05) is 13.2 Å². The molecule has 3 heterocycles. The lowest BCUT2D eigenvalue weighted by Crippen LogP contribution is -2.28. The van der Waals surface area contributed by atoms with Gasteiger partial charge in [0.1, 0.15) is 18.3 Å². The van der Waals surface area contributed by atoms with E-state index in [1.807, 2.05) is 39.0 Å². The highest BCUT2D eigenvalue weighted by Crippen LogP contribution is 2.24. The molecule has 31 heavy (non-hydrogen) atoms. The fourth-order valence-electron chi connectivity index (χ4n) is 3.77. The van der Waals surface area contributed by atoms with Gasteiger partial charge in [-0.25, -0.2) is 19.0 Å². The van der Waals surface area contributed by atoms with E-state index in [0.29, 0.717) is 19.6 Å². The fraction of sp³-hybridized carbons (Fsp3) is 0.522. The van der Waals surface area contributed by atoms with Crippen molar-refractivity contribution in [3.8, 4) is 0 Å². The van der Waals surface area contributed by atoms with Crippen molar-refractivity contribution in [3.05, 3.63) is 48.2 Å². The SMILES string of the molecule is CC(C)(C)OC(=O)n1c(CCO[C@@H]2CCCCO2)cc2cc(Cn3cncn3)ccc21. The number of hydrogen-bond donors (Lipinski definition) is 0. The third kappa shape index (κ3) is 5.51. The summed E-state index contributed by atoms with van der Waals surface area (Å²) >= 11 is 0. The van der Waals surface area contributed by atoms with E-state index >= 15 is 0 Å². The summed E-state index contributed by atoms with van der Waals surface area (Å²) in [6.45, 7) is 7.46. The summed E-state index contributed by atoms with van der Waals surface area (Å²) in [4.78, 5) is 17.0. The van der Waals surface area contributed by atoms with Gasteiger partial charge >= 0.3 is 6.09 Å². The van der Waals surface area contributed by atoms with Crippen molar-refractivity contribution >= 4 is 17.0 Å². The van der Waals surface area contributed by atoms with E-state index in [1.165, 1.54) is 6.33 Å². The number of carbonyl (C=O) groups is 1. The van der Waals surface area contributed by atoms with Gasteiger partial charge in [0.2, 0.25) is 0 Å². The maximum atomic E-state index is 13.0. The summed E-state index contributed by atoms with van der Waals surface area (Å²) in [5.41, 5.74) is 2.18. The van der Waals surface area contributed by atoms with Gasteiger partial charge in [-0.05, 0) is 63.8 Å². The largest absolute Gasteiger partial charge is 0.443 e. The monoisotopic (exact) mass is 426 g/mol. The molecule has 2 aromatic heterocycles. The van der Waals surface area contributed by atoms with Crippen LogP contribution in [0.25, 0.3) is 10.9 Å². The lowest BCUT2D eigenvalue weighted by atomic mass is 10.1. The maximum Gasteiger partial charge on any atom is 0.419 e. The van der Waals surface area contributed by atoms with Crippen LogP contribution in [0.4, 0.5) is 4.79 Å². The van der Waals surface area contributed by atoms with Crippen LogP contribution in [0.1, 0.15) is 51.3 Å². The quantitative estimate of drug-likeness (QED) is 0.589. The zero-order chi connectivity index (χ0) is 21.8. The molecule has 0 N–H and O–H groups in total. The van der Waals surface area contributed by atoms with Crippen molar-refractivity contribution in [1.82, 2.24) is 19.3 Å². The molecule has 0 bridgehead atoms. The molecule has 0 unspecified atom stereocenters. The van der Waals surface area contributed by atoms with Gasteiger partial charge in [0, 0.05) is 24.1 Å². The minimum absolute atomic E-state index is 0.151. The first-order valence-corrected chi connectivity index (χ1v) is 10.8. The standard InChI is InChI=1S/C23H30N4O4/c1-23(2,3)31-22(28)27-19(9-11-30-21-6-4-5-10-29-21)13-18-12-17(7-8-20(18)27)14-26-16-24-15-25-26/h7-8,12-13,15-16,21H,4-6,9-11,14H2,1-3H3/t21-/m1/s1. The predicted molar refractivity (Wildman–Crippen MR) is 116 cm³/mol. The average molecular weight is 427 g/mol. The van der Waals surface area contributed by atoms with Crippen LogP contribution in [0.5, 0.6) is 0 Å². The summed E-state index contributed by atoms with van der Waals surface area (Å²) in [5, 5.41) is 5.14. The molecule has 0 spiro atoms. The third-order valence-corrected chi connectivity index (χ3v) is 5.13. The highest BCUT2D eigenvalue weighted by Gasteiger charge is 2.23. The van der Waals surface area contributed by atoms with Gasteiger partial charge in [0.15, 0.2) is 6.29 Å². The molecule has 1 aromatic carbocycles. The summed E-state index contributed by atoms with van der Waals surface area (Å²) < 4.78 is 20.7. The lowest BCUT2D eigenvalue weighted by molar-refractivity contribution is -0.161. The molecule has 0 radical (unpaired) electrons. The third-order valence-electron chi connectivity index (χ3n) is 5.13. The molecule has 1 fully saturated rings. The Bertz CT molecular complexity index is 1010. The van der Waals surface area contributed by atoms with Crippen LogP contribution in [0.3, 0.4) is 0 Å². The van der Waals surface area contributed by atoms with Gasteiger partial charge in [-0.2, -0.15) is 5.10 Å². The number of nitrogens with zero attached hydrogens (tertiary/aromatic N) is 4. The Morgan fingerprint density at radius 2 is 2.13 bits per heavy atom. The number of ether oxygens (including phenoxy) is 3. The van der Waals surface area contributed by atoms with Crippen LogP contribution < -0.4 is 0 Å². The van der Waals surface area contributed by atoms with Gasteiger partial charge in [0.05, 0.1) is 18.7 Å². The van der Waals surface area contributed by atoms with Gasteiger partial charge in [-0.15, -0.1) is 0 Å². The molecule has 8 heteroatoms. The van der Waals surface area contributed by atoms with Gasteiger partial charge < -0.3 is 14.2 Å². The molecule has 0 amide bonds. The van der Waals surface area contributed by atoms with Crippen molar-refractivity contribution in [2.24, 2.45) is 0 Å². The number of rotatable bonds is 6. The Balaban J connectivity index is 1.57. The van der Waals surface area contributed by atoms with E-state index in [2.05, 4.69) is 16.1 Å². The van der Waals surface area contributed by atoms with Crippen molar-refractivity contribution in [1.29, 1.82) is 0 Å². The molecule has 1 aliphatic rings. The highest BCUT2D eigenvalue weighted by atomic mass is 16.7. The summed E-state index contributed by atoms with van der Waals surface area (Å²) in [6.07, 6.45) is 6.39. The smallest absolute Gasteiger partial charge is 0.419 e. The molecule has 8 nitrogen and oxygen atoms in total. The first-order valence-electron chi connectivity index (χ1n) is 10.8. The van der Waals surface area contributed by atoms with Gasteiger partial charge in [-0.3, -0.25) is 0 Å². The first-order chi connectivity index (χ1) is 14.9. The molecule has 166 valence electrons. The number of aromatic nitrogens is 4. The van der Waals surface area contributed by atoms with Crippen LogP contribution in [-0.4, -0.2) is 50.5 Å². The molecule has 3 aromatic rings. The molecule has 1 saturated heterocycles. The van der Waals surface area contributed by atoms with E-state index in [9.17, 15) is 4.79 Å². The number of benzene rings is 1. The molecule has 0 aliphatic carbocycles. The molecule has 4 rings (SSSR count). The molecule has 1 aliphatic heterocycles. The minimum atomic E-state index is -0.579. The topological polar surface area (TPSA) is 80.4 Å². The summed E-state index contributed by atoms with van der Waals surface area (Å²) in [7, 11) is 0. The van der Waals surface area contributed by atoms with Crippen LogP contribution in [0.15, 0.2) is 36.9 Å². The second-order valence-corrected chi connectivity index (χ2v) is 8.85. The number of carbonyl (C=O) groups excluding carboxylic acids is 1. The summed E-state index contributed by atoms with van der Waals surface area (Å²) in [5.74, 6) is 0. The molecule has 0 saturated carbocycles. The fourth-order valence-corrected chi connectivity index (χ4v) is 3.77. The Labute approximate surface area is 182 Å². The number of hydrogen-bond acceptors (Lipinski definition) is 6. The van der Waals surface area contributed by atoms with Crippen LogP contribution in [-0.2, 0) is 27.2 Å². The van der Waals surface area contributed by atoms with Crippen molar-refractivity contribution in [2.45, 2.75) is 64.9 Å². The van der Waals surface area contributed by atoms with E-state index in [0.717, 1.165) is 48.0 Å². The molecular formula is C23H30N4O4. The van der Waals surface area contributed by atoms with Crippen LogP contribution in [0.2, 0.25) is 0 Å². The van der Waals surface area contributed by atoms with Crippen molar-refractivity contribution in [3.63, 3.8) is 0 Å². The maximum absolute atomic E-state index is 13.0. The second-order valence-electron chi connectivity index (χ2n) is 8.85. The Morgan fingerprint density at radius 3 is 2.84 bits per heavy atom. The van der Waals surface area contributed by atoms with Crippen LogP contribution in [0, 0.1) is 0 Å². The van der Waals surface area contributed by atoms with E-state index in [-0.39, 0.29) is 12.4 Å². The average Bonchev–Trinajstić information content (AvgIpc) is 3.34. The van der Waals surface area contributed by atoms with E-state index < -0.39 is 5.60 Å². The van der Waals surface area contributed by atoms with Gasteiger partial charge in [-0.1, -0.05) is 6.07 Å². The normalized spacial score (nSPS) is 17.2. The zero-order valence-electron chi connectivity index (χ0n) is 18.4. The Kier molecular flexibility index (Phi) is 6.38. The minimum Gasteiger partial charge on any atom is -0.443 e. The van der Waals surface area contributed by atoms with E-state index in [1.54, 1.807) is 15.6 Å². The highest BCUT2D eigenvalue weighted by molar-refractivity contribution is 5.91. The van der Waals surface area contributed by atoms with Crippen molar-refractivity contribution < 1.29 is 19.0 Å². The predicted octanol–water partition coefficient (Wildman–Crippen LogP) is 4.15. The first kappa shape index (κ1) is 21.5. The zero-order valence-corrected chi connectivity index (χ0v) is 18.4. The molecule has 1 atom stereocenters. The van der Waals surface area contributed by atoms with Crippen LogP contribution >= 0.6 is 0 Å². The lowest BCUT2D eigenvalue weighted by Gasteiger charge is -2.23. The number of fused-ring (bicyclic) bond motifs is 1. The van der Waals surface area contributed by atoms with Gasteiger partial charge in [0.25, 0.3) is 0 Å². The summed E-state index contributed by atoms with van der Waals surface area (Å²) in [6, 6.07) is 8.07. The molecular weight excluding hydrogens is 396 g/mol. The van der Waals surface area contributed by atoms with E-state index in [4.69, 9.17) is 14.2 Å². The second kappa shape index (κ2) is 9.20.